The van der Waals surface area contributed by atoms with Crippen molar-refractivity contribution in [3.05, 3.63) is 52.3 Å². The summed E-state index contributed by atoms with van der Waals surface area (Å²) in [6.45, 7) is 0.628. The zero-order valence-corrected chi connectivity index (χ0v) is 12.2. The van der Waals surface area contributed by atoms with E-state index in [2.05, 4.69) is 9.88 Å². The molecule has 0 fully saturated rings. The number of halogens is 2. The van der Waals surface area contributed by atoms with Gasteiger partial charge in [-0.25, -0.2) is 4.98 Å². The lowest BCUT2D eigenvalue weighted by molar-refractivity contribution is 0.415. The second kappa shape index (κ2) is 6.13. The first-order chi connectivity index (χ1) is 9.11. The van der Waals surface area contributed by atoms with Crippen LogP contribution in [0.3, 0.4) is 0 Å². The van der Waals surface area contributed by atoms with Crippen LogP contribution >= 0.6 is 23.2 Å². The summed E-state index contributed by atoms with van der Waals surface area (Å²) in [7, 11) is 3.63. The van der Waals surface area contributed by atoms with Crippen LogP contribution in [-0.2, 0) is 6.54 Å². The first-order valence-corrected chi connectivity index (χ1v) is 6.52. The second-order valence-corrected chi connectivity index (χ2v) is 4.86. The Morgan fingerprint density at radius 3 is 2.58 bits per heavy atom. The van der Waals surface area contributed by atoms with E-state index in [9.17, 15) is 0 Å². The van der Waals surface area contributed by atoms with Crippen molar-refractivity contribution in [2.24, 2.45) is 0 Å². The summed E-state index contributed by atoms with van der Waals surface area (Å²) in [6, 6.07) is 11.4. The van der Waals surface area contributed by atoms with Crippen LogP contribution < -0.4 is 9.64 Å². The van der Waals surface area contributed by atoms with Crippen molar-refractivity contribution in [1.29, 1.82) is 0 Å². The number of methoxy groups -OCH3 is 1. The average Bonchev–Trinajstić information content (AvgIpc) is 2.41. The third-order valence-corrected chi connectivity index (χ3v) is 3.33. The second-order valence-electron chi connectivity index (χ2n) is 4.11. The molecule has 5 heteroatoms. The maximum absolute atomic E-state index is 6.08. The largest absolute Gasteiger partial charge is 0.495 e. The number of rotatable bonds is 4. The third-order valence-electron chi connectivity index (χ3n) is 2.80. The van der Waals surface area contributed by atoms with Crippen LogP contribution in [-0.4, -0.2) is 19.1 Å². The first-order valence-electron chi connectivity index (χ1n) is 5.77. The lowest BCUT2D eigenvalue weighted by atomic mass is 10.2. The lowest BCUT2D eigenvalue weighted by Crippen LogP contribution is -2.17. The lowest BCUT2D eigenvalue weighted by Gasteiger charge is -2.22. The molecule has 0 saturated carbocycles. The van der Waals surface area contributed by atoms with Gasteiger partial charge in [0.15, 0.2) is 0 Å². The van der Waals surface area contributed by atoms with Gasteiger partial charge >= 0.3 is 0 Å². The highest BCUT2D eigenvalue weighted by Crippen LogP contribution is 2.28. The normalized spacial score (nSPS) is 10.3. The number of pyridine rings is 1. The molecule has 1 heterocycles. The number of benzene rings is 1. The fraction of sp³-hybridized carbons (Fsp3) is 0.214. The van der Waals surface area contributed by atoms with Gasteiger partial charge in [-0.2, -0.15) is 0 Å². The molecule has 0 amide bonds. The van der Waals surface area contributed by atoms with Crippen LogP contribution in [0.1, 0.15) is 5.56 Å². The zero-order chi connectivity index (χ0) is 13.8. The molecule has 0 unspecified atom stereocenters. The number of para-hydroxylation sites is 2. The van der Waals surface area contributed by atoms with Gasteiger partial charge < -0.3 is 9.64 Å². The van der Waals surface area contributed by atoms with Gasteiger partial charge in [0.25, 0.3) is 0 Å². The topological polar surface area (TPSA) is 25.4 Å². The summed E-state index contributed by atoms with van der Waals surface area (Å²) in [5.74, 6) is 0.822. The summed E-state index contributed by atoms with van der Waals surface area (Å²) in [5, 5.41) is 0.822. The van der Waals surface area contributed by atoms with E-state index >= 15 is 0 Å². The van der Waals surface area contributed by atoms with Crippen LogP contribution in [0.2, 0.25) is 10.3 Å². The van der Waals surface area contributed by atoms with E-state index in [-0.39, 0.29) is 0 Å². The van der Waals surface area contributed by atoms with Gasteiger partial charge in [-0.05, 0) is 18.2 Å². The molecule has 100 valence electrons. The van der Waals surface area contributed by atoms with Gasteiger partial charge in [0.1, 0.15) is 16.1 Å². The van der Waals surface area contributed by atoms with Crippen molar-refractivity contribution in [1.82, 2.24) is 4.98 Å². The van der Waals surface area contributed by atoms with Crippen LogP contribution in [0.25, 0.3) is 0 Å². The molecule has 1 aromatic heterocycles. The SMILES string of the molecule is COc1ccccc1N(C)Cc1ccc(Cl)nc1Cl. The van der Waals surface area contributed by atoms with E-state index in [1.165, 1.54) is 0 Å². The monoisotopic (exact) mass is 296 g/mol. The van der Waals surface area contributed by atoms with Crippen LogP contribution in [0, 0.1) is 0 Å². The summed E-state index contributed by atoms with van der Waals surface area (Å²) >= 11 is 11.9. The Balaban J connectivity index is 2.23. The smallest absolute Gasteiger partial charge is 0.142 e. The van der Waals surface area contributed by atoms with Crippen molar-refractivity contribution in [2.45, 2.75) is 6.54 Å². The summed E-state index contributed by atoms with van der Waals surface area (Å²) < 4.78 is 5.34. The van der Waals surface area contributed by atoms with E-state index in [0.717, 1.165) is 17.0 Å². The van der Waals surface area contributed by atoms with Gasteiger partial charge in [0.05, 0.1) is 12.8 Å². The molecule has 0 atom stereocenters. The summed E-state index contributed by atoms with van der Waals surface area (Å²) in [5.41, 5.74) is 1.91. The Morgan fingerprint density at radius 1 is 1.16 bits per heavy atom. The Bertz CT molecular complexity index is 575. The average molecular weight is 297 g/mol. The number of hydrogen-bond donors (Lipinski definition) is 0. The molecular weight excluding hydrogens is 283 g/mol. The van der Waals surface area contributed by atoms with E-state index in [1.54, 1.807) is 13.2 Å². The van der Waals surface area contributed by atoms with E-state index in [1.807, 2.05) is 37.4 Å². The minimum atomic E-state index is 0.397. The minimum absolute atomic E-state index is 0.397. The van der Waals surface area contributed by atoms with Crippen LogP contribution in [0.4, 0.5) is 5.69 Å². The molecule has 0 N–H and O–H groups in total. The van der Waals surface area contributed by atoms with Crippen LogP contribution in [0.5, 0.6) is 5.75 Å². The van der Waals surface area contributed by atoms with Crippen LogP contribution in [0.15, 0.2) is 36.4 Å². The number of ether oxygens (including phenoxy) is 1. The van der Waals surface area contributed by atoms with Gasteiger partial charge in [-0.15, -0.1) is 0 Å². The van der Waals surface area contributed by atoms with Crippen molar-refractivity contribution in [3.8, 4) is 5.75 Å². The highest BCUT2D eigenvalue weighted by Gasteiger charge is 2.10. The van der Waals surface area contributed by atoms with E-state index in [0.29, 0.717) is 16.9 Å². The fourth-order valence-corrected chi connectivity index (χ4v) is 2.25. The molecule has 1 aromatic carbocycles. The Morgan fingerprint density at radius 2 is 1.89 bits per heavy atom. The quantitative estimate of drug-likeness (QED) is 0.797. The molecule has 19 heavy (non-hydrogen) atoms. The Labute approximate surface area is 122 Å². The third kappa shape index (κ3) is 3.31. The molecule has 0 radical (unpaired) electrons. The molecule has 0 spiro atoms. The molecule has 0 aliphatic heterocycles. The molecule has 0 aliphatic carbocycles. The summed E-state index contributed by atoms with van der Waals surface area (Å²) in [4.78, 5) is 6.09. The maximum Gasteiger partial charge on any atom is 0.142 e. The van der Waals surface area contributed by atoms with E-state index in [4.69, 9.17) is 27.9 Å². The fourth-order valence-electron chi connectivity index (χ4n) is 1.84. The molecule has 0 bridgehead atoms. The predicted octanol–water partition coefficient (Wildman–Crippen LogP) is 4.03. The van der Waals surface area contributed by atoms with Crippen molar-refractivity contribution in [2.75, 3.05) is 19.1 Å². The number of anilines is 1. The molecule has 0 aliphatic rings. The van der Waals surface area contributed by atoms with Gasteiger partial charge in [-0.1, -0.05) is 41.4 Å². The van der Waals surface area contributed by atoms with Gasteiger partial charge in [0.2, 0.25) is 0 Å². The Kier molecular flexibility index (Phi) is 4.51. The van der Waals surface area contributed by atoms with Gasteiger partial charge in [0, 0.05) is 19.2 Å². The molecular formula is C14H14Cl2N2O. The highest BCUT2D eigenvalue weighted by atomic mass is 35.5. The Hall–Kier alpha value is -1.45. The van der Waals surface area contributed by atoms with E-state index < -0.39 is 0 Å². The molecule has 2 rings (SSSR count). The summed E-state index contributed by atoms with van der Waals surface area (Å²) in [6.07, 6.45) is 0. The molecule has 2 aromatic rings. The number of aromatic nitrogens is 1. The predicted molar refractivity (Wildman–Crippen MR) is 79.4 cm³/mol. The number of hydrogen-bond acceptors (Lipinski definition) is 3. The maximum atomic E-state index is 6.08. The van der Waals surface area contributed by atoms with Crippen molar-refractivity contribution < 1.29 is 4.74 Å². The van der Waals surface area contributed by atoms with Crippen molar-refractivity contribution >= 4 is 28.9 Å². The number of nitrogens with zero attached hydrogens (tertiary/aromatic N) is 2. The highest BCUT2D eigenvalue weighted by molar-refractivity contribution is 6.32. The molecule has 0 saturated heterocycles. The molecule has 3 nitrogen and oxygen atoms in total. The zero-order valence-electron chi connectivity index (χ0n) is 10.7. The van der Waals surface area contributed by atoms with Gasteiger partial charge in [-0.3, -0.25) is 0 Å². The van der Waals surface area contributed by atoms with Crippen molar-refractivity contribution in [3.63, 3.8) is 0 Å². The minimum Gasteiger partial charge on any atom is -0.495 e. The first kappa shape index (κ1) is 14.0. The standard InChI is InChI=1S/C14H14Cl2N2O/c1-18(11-5-3-4-6-12(11)19-2)9-10-7-8-13(15)17-14(10)16/h3-8H,9H2,1-2H3.